The van der Waals surface area contributed by atoms with Gasteiger partial charge in [-0.2, -0.15) is 0 Å². The third-order valence-corrected chi connectivity index (χ3v) is 6.33. The van der Waals surface area contributed by atoms with Crippen LogP contribution in [0.5, 0.6) is 0 Å². The van der Waals surface area contributed by atoms with Crippen LogP contribution in [0.1, 0.15) is 16.2 Å². The molecular formula is C23H17ClFN3O4S. The zero-order valence-electron chi connectivity index (χ0n) is 17.2. The molecule has 0 aliphatic heterocycles. The summed E-state index contributed by atoms with van der Waals surface area (Å²) >= 11 is 5.80. The number of benzene rings is 3. The predicted octanol–water partition coefficient (Wildman–Crippen LogP) is 5.50. The second-order valence-electron chi connectivity index (χ2n) is 7.06. The van der Waals surface area contributed by atoms with E-state index in [0.717, 1.165) is 23.3 Å². The average Bonchev–Trinajstić information content (AvgIpc) is 3.27. The molecule has 33 heavy (non-hydrogen) atoms. The number of carbonyl (C=O) groups excluding carboxylic acids is 1. The van der Waals surface area contributed by atoms with Gasteiger partial charge in [-0.3, -0.25) is 9.52 Å². The molecule has 0 radical (unpaired) electrons. The number of carbonyl (C=O) groups is 1. The molecule has 4 aromatic rings. The Hall–Kier alpha value is -3.69. The van der Waals surface area contributed by atoms with E-state index in [1.807, 2.05) is 31.2 Å². The summed E-state index contributed by atoms with van der Waals surface area (Å²) in [6.45, 7) is 1.90. The number of aromatic nitrogens is 1. The van der Waals surface area contributed by atoms with Gasteiger partial charge in [0.05, 0.1) is 6.20 Å². The van der Waals surface area contributed by atoms with Crippen LogP contribution in [0, 0.1) is 12.7 Å². The third-order valence-electron chi connectivity index (χ3n) is 4.69. The number of nitrogens with zero attached hydrogens (tertiary/aromatic N) is 1. The van der Waals surface area contributed by atoms with Gasteiger partial charge in [0.1, 0.15) is 10.7 Å². The highest BCUT2D eigenvalue weighted by Gasteiger charge is 2.22. The van der Waals surface area contributed by atoms with Gasteiger partial charge in [0, 0.05) is 22.0 Å². The van der Waals surface area contributed by atoms with Crippen molar-refractivity contribution in [3.63, 3.8) is 0 Å². The zero-order valence-corrected chi connectivity index (χ0v) is 18.7. The maximum absolute atomic E-state index is 14.3. The topological polar surface area (TPSA) is 101 Å². The Kier molecular flexibility index (Phi) is 6.17. The SMILES string of the molecule is Cc1ccccc1-c1cnc(C(=O)Nc2ccc(F)c(S(=O)(=O)Nc3ccc(Cl)cc3)c2)o1. The first-order valence-electron chi connectivity index (χ1n) is 9.64. The van der Waals surface area contributed by atoms with Crippen molar-refractivity contribution in [1.29, 1.82) is 0 Å². The molecule has 0 aliphatic carbocycles. The molecule has 0 bridgehead atoms. The molecule has 0 atom stereocenters. The number of aryl methyl sites for hydroxylation is 1. The normalized spacial score (nSPS) is 11.2. The first-order valence-corrected chi connectivity index (χ1v) is 11.5. The van der Waals surface area contributed by atoms with Crippen LogP contribution in [0.3, 0.4) is 0 Å². The highest BCUT2D eigenvalue weighted by molar-refractivity contribution is 7.92. The lowest BCUT2D eigenvalue weighted by Gasteiger charge is -2.11. The number of anilines is 2. The third kappa shape index (κ3) is 5.05. The van der Waals surface area contributed by atoms with Crippen LogP contribution in [-0.2, 0) is 10.0 Å². The van der Waals surface area contributed by atoms with E-state index in [4.69, 9.17) is 16.0 Å². The predicted molar refractivity (Wildman–Crippen MR) is 123 cm³/mol. The maximum Gasteiger partial charge on any atom is 0.311 e. The summed E-state index contributed by atoms with van der Waals surface area (Å²) in [5, 5.41) is 2.90. The number of amides is 1. The molecule has 0 spiro atoms. The number of sulfonamides is 1. The van der Waals surface area contributed by atoms with Gasteiger partial charge in [-0.15, -0.1) is 0 Å². The number of nitrogens with one attached hydrogen (secondary N) is 2. The fourth-order valence-corrected chi connectivity index (χ4v) is 4.34. The van der Waals surface area contributed by atoms with Crippen molar-refractivity contribution in [2.75, 3.05) is 10.0 Å². The fourth-order valence-electron chi connectivity index (χ4n) is 3.05. The van der Waals surface area contributed by atoms with E-state index in [9.17, 15) is 17.6 Å². The minimum Gasteiger partial charge on any atom is -0.432 e. The molecule has 3 aromatic carbocycles. The number of oxazole rings is 1. The Morgan fingerprint density at radius 2 is 1.73 bits per heavy atom. The minimum absolute atomic E-state index is 0.0496. The highest BCUT2D eigenvalue weighted by atomic mass is 35.5. The highest BCUT2D eigenvalue weighted by Crippen LogP contribution is 2.26. The molecule has 1 aromatic heterocycles. The van der Waals surface area contributed by atoms with Gasteiger partial charge in [-0.25, -0.2) is 17.8 Å². The summed E-state index contributed by atoms with van der Waals surface area (Å²) < 4.78 is 47.5. The van der Waals surface area contributed by atoms with Gasteiger partial charge in [-0.05, 0) is 55.0 Å². The van der Waals surface area contributed by atoms with E-state index in [1.165, 1.54) is 36.5 Å². The smallest absolute Gasteiger partial charge is 0.311 e. The van der Waals surface area contributed by atoms with Crippen LogP contribution in [0.4, 0.5) is 15.8 Å². The van der Waals surface area contributed by atoms with Crippen molar-refractivity contribution in [3.05, 3.63) is 95.2 Å². The van der Waals surface area contributed by atoms with Gasteiger partial charge in [0.15, 0.2) is 5.76 Å². The van der Waals surface area contributed by atoms with Gasteiger partial charge in [-0.1, -0.05) is 35.9 Å². The molecule has 1 heterocycles. The first-order chi connectivity index (χ1) is 15.7. The van der Waals surface area contributed by atoms with Crippen LogP contribution < -0.4 is 10.0 Å². The van der Waals surface area contributed by atoms with Crippen molar-refractivity contribution in [2.45, 2.75) is 11.8 Å². The summed E-state index contributed by atoms with van der Waals surface area (Å²) in [6.07, 6.45) is 1.42. The Labute approximate surface area is 194 Å². The Morgan fingerprint density at radius 1 is 1.03 bits per heavy atom. The van der Waals surface area contributed by atoms with E-state index < -0.39 is 26.6 Å². The molecule has 10 heteroatoms. The molecule has 4 rings (SSSR count). The number of hydrogen-bond acceptors (Lipinski definition) is 5. The van der Waals surface area contributed by atoms with Crippen molar-refractivity contribution >= 4 is 38.9 Å². The molecule has 0 unspecified atom stereocenters. The molecule has 1 amide bonds. The molecule has 168 valence electrons. The van der Waals surface area contributed by atoms with Crippen LogP contribution in [0.2, 0.25) is 5.02 Å². The van der Waals surface area contributed by atoms with E-state index in [0.29, 0.717) is 10.8 Å². The quantitative estimate of drug-likeness (QED) is 0.375. The summed E-state index contributed by atoms with van der Waals surface area (Å²) in [7, 11) is -4.27. The molecule has 0 fully saturated rings. The summed E-state index contributed by atoms with van der Waals surface area (Å²) in [6, 6.07) is 16.5. The summed E-state index contributed by atoms with van der Waals surface area (Å²) in [4.78, 5) is 15.9. The van der Waals surface area contributed by atoms with E-state index >= 15 is 0 Å². The monoisotopic (exact) mass is 485 g/mol. The lowest BCUT2D eigenvalue weighted by atomic mass is 10.1. The molecular weight excluding hydrogens is 469 g/mol. The Balaban J connectivity index is 1.55. The lowest BCUT2D eigenvalue weighted by Crippen LogP contribution is -2.16. The largest absolute Gasteiger partial charge is 0.432 e. The fraction of sp³-hybridized carbons (Fsp3) is 0.0435. The molecule has 0 saturated heterocycles. The lowest BCUT2D eigenvalue weighted by molar-refractivity contribution is 0.0991. The minimum atomic E-state index is -4.27. The van der Waals surface area contributed by atoms with E-state index in [-0.39, 0.29) is 17.3 Å². The zero-order chi connectivity index (χ0) is 23.6. The van der Waals surface area contributed by atoms with E-state index in [2.05, 4.69) is 15.0 Å². The van der Waals surface area contributed by atoms with Crippen molar-refractivity contribution in [2.24, 2.45) is 0 Å². The molecule has 7 nitrogen and oxygen atoms in total. The number of rotatable bonds is 6. The van der Waals surface area contributed by atoms with Crippen LogP contribution in [0.15, 0.2) is 82.2 Å². The van der Waals surface area contributed by atoms with Gasteiger partial charge in [0.2, 0.25) is 0 Å². The molecule has 0 aliphatic rings. The van der Waals surface area contributed by atoms with Gasteiger partial charge < -0.3 is 9.73 Å². The van der Waals surface area contributed by atoms with Crippen molar-refractivity contribution in [1.82, 2.24) is 4.98 Å². The average molecular weight is 486 g/mol. The molecule has 0 saturated carbocycles. The van der Waals surface area contributed by atoms with Crippen LogP contribution >= 0.6 is 11.6 Å². The molecule has 2 N–H and O–H groups in total. The standard InChI is InChI=1S/C23H17ClFN3O4S/c1-14-4-2-3-5-18(14)20-13-26-23(32-20)22(29)27-17-10-11-19(25)21(12-17)33(30,31)28-16-8-6-15(24)7-9-16/h2-13,28H,1H3,(H,27,29). The van der Waals surface area contributed by atoms with Crippen LogP contribution in [-0.4, -0.2) is 19.3 Å². The Bertz CT molecular complexity index is 1440. The summed E-state index contributed by atoms with van der Waals surface area (Å²) in [5.74, 6) is -1.50. The van der Waals surface area contributed by atoms with Gasteiger partial charge >= 0.3 is 5.91 Å². The second kappa shape index (κ2) is 9.05. The van der Waals surface area contributed by atoms with E-state index in [1.54, 1.807) is 0 Å². The van der Waals surface area contributed by atoms with Crippen molar-refractivity contribution < 1.29 is 22.0 Å². The maximum atomic E-state index is 14.3. The number of halogens is 2. The summed E-state index contributed by atoms with van der Waals surface area (Å²) in [5.41, 5.74) is 1.99. The van der Waals surface area contributed by atoms with Crippen LogP contribution in [0.25, 0.3) is 11.3 Å². The second-order valence-corrected chi connectivity index (χ2v) is 9.14. The first kappa shape index (κ1) is 22.5. The number of hydrogen-bond donors (Lipinski definition) is 2. The van der Waals surface area contributed by atoms with Crippen molar-refractivity contribution in [3.8, 4) is 11.3 Å². The van der Waals surface area contributed by atoms with Gasteiger partial charge in [0.25, 0.3) is 15.9 Å². The Morgan fingerprint density at radius 3 is 2.45 bits per heavy atom.